The lowest BCUT2D eigenvalue weighted by Gasteiger charge is -2.33. The van der Waals surface area contributed by atoms with Gasteiger partial charge in [-0.25, -0.2) is 9.59 Å². The highest BCUT2D eigenvalue weighted by Gasteiger charge is 2.30. The summed E-state index contributed by atoms with van der Waals surface area (Å²) in [6, 6.07) is 13.1. The van der Waals surface area contributed by atoms with E-state index < -0.39 is 34.2 Å². The Morgan fingerprint density at radius 1 is 0.483 bits per heavy atom. The molecule has 58 heavy (non-hydrogen) atoms. The Labute approximate surface area is 348 Å². The van der Waals surface area contributed by atoms with Crippen molar-refractivity contribution in [1.29, 1.82) is 0 Å². The van der Waals surface area contributed by atoms with Crippen LogP contribution in [0.1, 0.15) is 167 Å². The van der Waals surface area contributed by atoms with Gasteiger partial charge in [-0.3, -0.25) is 30.0 Å². The summed E-state index contributed by atoms with van der Waals surface area (Å²) in [4.78, 5) is 53.6. The summed E-state index contributed by atoms with van der Waals surface area (Å²) in [5, 5.41) is 22.4. The third-order valence-corrected chi connectivity index (χ3v) is 10.8. The molecule has 2 atom stereocenters. The maximum absolute atomic E-state index is 13.8. The zero-order valence-corrected chi connectivity index (χ0v) is 36.2. The van der Waals surface area contributed by atoms with Gasteiger partial charge in [0, 0.05) is 50.4 Å². The number of nitro benzene ring substituents is 2. The Morgan fingerprint density at radius 2 is 0.776 bits per heavy atom. The molecule has 2 aromatic rings. The third-order valence-electron chi connectivity index (χ3n) is 10.8. The normalized spacial score (nSPS) is 12.4. The maximum Gasteiger partial charge on any atom is 0.419 e. The summed E-state index contributed by atoms with van der Waals surface area (Å²) >= 11 is 0. The third kappa shape index (κ3) is 21.2. The standard InChI is InChI=1S/C46H74N4O8/c1-5-9-13-17-35-47(36-18-14-10-6-2)43(25-21-23-39-27-31-41(32-28-39)49(53)54)57-45(51)46(52)58-44(26-22-24-40-29-33-42(34-30-40)50(55)56)48(37-19-15-11-7-3)38-20-16-12-8-4/h27-34,43-44H,5-26,35-38H2,1-4H3. The number of carbonyl (C=O) groups excluding carboxylic acids is 2. The smallest absolute Gasteiger partial charge is 0.419 e. The molecule has 0 heterocycles. The van der Waals surface area contributed by atoms with Gasteiger partial charge in [-0.2, -0.15) is 0 Å². The van der Waals surface area contributed by atoms with E-state index in [1.165, 1.54) is 24.3 Å². The number of unbranched alkanes of at least 4 members (excludes halogenated alkanes) is 12. The zero-order valence-electron chi connectivity index (χ0n) is 36.2. The Bertz CT molecular complexity index is 1290. The lowest BCUT2D eigenvalue weighted by atomic mass is 10.1. The number of hydrogen-bond donors (Lipinski definition) is 0. The molecule has 0 aliphatic carbocycles. The Morgan fingerprint density at radius 3 is 1.03 bits per heavy atom. The first-order valence-corrected chi connectivity index (χ1v) is 22.5. The van der Waals surface area contributed by atoms with Crippen LogP contribution in [0.25, 0.3) is 0 Å². The van der Waals surface area contributed by atoms with Crippen molar-refractivity contribution in [2.24, 2.45) is 0 Å². The van der Waals surface area contributed by atoms with E-state index >= 15 is 0 Å². The number of ether oxygens (including phenoxy) is 2. The molecule has 2 rings (SSSR count). The number of non-ortho nitro benzene ring substituents is 2. The van der Waals surface area contributed by atoms with Crippen LogP contribution >= 0.6 is 0 Å². The van der Waals surface area contributed by atoms with E-state index in [1.54, 1.807) is 24.3 Å². The highest BCUT2D eigenvalue weighted by Crippen LogP contribution is 2.21. The van der Waals surface area contributed by atoms with Crippen molar-refractivity contribution in [2.75, 3.05) is 26.2 Å². The van der Waals surface area contributed by atoms with E-state index in [-0.39, 0.29) is 11.4 Å². The molecule has 0 bridgehead atoms. The lowest BCUT2D eigenvalue weighted by Crippen LogP contribution is -2.44. The number of rotatable bonds is 34. The van der Waals surface area contributed by atoms with Gasteiger partial charge < -0.3 is 9.47 Å². The molecule has 0 saturated heterocycles. The van der Waals surface area contributed by atoms with E-state index in [0.717, 1.165) is 140 Å². The van der Waals surface area contributed by atoms with Crippen LogP contribution < -0.4 is 0 Å². The minimum Gasteiger partial charge on any atom is -0.438 e. The van der Waals surface area contributed by atoms with Gasteiger partial charge in [0.15, 0.2) is 12.5 Å². The molecule has 0 saturated carbocycles. The first kappa shape index (κ1) is 50.2. The number of benzene rings is 2. The SMILES string of the molecule is CCCCCCN(CCCCCC)C(CCCc1ccc([N+](=O)[O-])cc1)OC(=O)C(=O)OC(CCCc1ccc([N+](=O)[O-])cc1)N(CCCCCC)CCCCCC. The minimum atomic E-state index is -0.982. The first-order valence-electron chi connectivity index (χ1n) is 22.5. The monoisotopic (exact) mass is 811 g/mol. The van der Waals surface area contributed by atoms with Crippen molar-refractivity contribution < 1.29 is 28.9 Å². The number of nitro groups is 2. The molecule has 12 heteroatoms. The largest absolute Gasteiger partial charge is 0.438 e. The Kier molecular flexibility index (Phi) is 26.9. The van der Waals surface area contributed by atoms with Crippen molar-refractivity contribution in [3.63, 3.8) is 0 Å². The molecule has 0 radical (unpaired) electrons. The topological polar surface area (TPSA) is 145 Å². The summed E-state index contributed by atoms with van der Waals surface area (Å²) in [5.41, 5.74) is 2.01. The highest BCUT2D eigenvalue weighted by atomic mass is 16.6. The zero-order chi connectivity index (χ0) is 42.4. The van der Waals surface area contributed by atoms with E-state index in [2.05, 4.69) is 37.5 Å². The van der Waals surface area contributed by atoms with Crippen molar-refractivity contribution in [3.8, 4) is 0 Å². The summed E-state index contributed by atoms with van der Waals surface area (Å²) in [6.07, 6.45) is 19.5. The Hall–Kier alpha value is -3.90. The van der Waals surface area contributed by atoms with Gasteiger partial charge >= 0.3 is 11.9 Å². The van der Waals surface area contributed by atoms with Crippen LogP contribution in [0.5, 0.6) is 0 Å². The van der Waals surface area contributed by atoms with Gasteiger partial charge in [-0.05, 0) is 75.3 Å². The average Bonchev–Trinajstić information content (AvgIpc) is 3.22. The summed E-state index contributed by atoms with van der Waals surface area (Å²) < 4.78 is 12.3. The molecular weight excluding hydrogens is 737 g/mol. The van der Waals surface area contributed by atoms with Gasteiger partial charge in [0.05, 0.1) is 9.85 Å². The lowest BCUT2D eigenvalue weighted by molar-refractivity contribution is -0.385. The van der Waals surface area contributed by atoms with Crippen LogP contribution in [0.15, 0.2) is 48.5 Å². The predicted octanol–water partition coefficient (Wildman–Crippen LogP) is 11.5. The summed E-state index contributed by atoms with van der Waals surface area (Å²) in [6.45, 7) is 11.7. The molecule has 2 unspecified atom stereocenters. The number of carbonyl (C=O) groups is 2. The fourth-order valence-electron chi connectivity index (χ4n) is 7.27. The number of esters is 2. The van der Waals surface area contributed by atoms with Crippen LogP contribution in [0.2, 0.25) is 0 Å². The quantitative estimate of drug-likeness (QED) is 0.0167. The second-order valence-electron chi connectivity index (χ2n) is 15.7. The predicted molar refractivity (Wildman–Crippen MR) is 232 cm³/mol. The second kappa shape index (κ2) is 31.1. The van der Waals surface area contributed by atoms with Crippen LogP contribution in [-0.4, -0.2) is 70.2 Å². The fraction of sp³-hybridized carbons (Fsp3) is 0.696. The van der Waals surface area contributed by atoms with Gasteiger partial charge in [-0.1, -0.05) is 129 Å². The molecule has 0 spiro atoms. The number of aryl methyl sites for hydroxylation is 2. The molecule has 0 aromatic heterocycles. The minimum absolute atomic E-state index is 0.0459. The Balaban J connectivity index is 2.30. The van der Waals surface area contributed by atoms with E-state index in [9.17, 15) is 29.8 Å². The van der Waals surface area contributed by atoms with Crippen LogP contribution in [0.3, 0.4) is 0 Å². The van der Waals surface area contributed by atoms with Gasteiger partial charge in [0.2, 0.25) is 0 Å². The van der Waals surface area contributed by atoms with Crippen LogP contribution in [0, 0.1) is 20.2 Å². The van der Waals surface area contributed by atoms with Crippen molar-refractivity contribution >= 4 is 23.3 Å². The van der Waals surface area contributed by atoms with Gasteiger partial charge in [0.25, 0.3) is 11.4 Å². The van der Waals surface area contributed by atoms with E-state index in [4.69, 9.17) is 9.47 Å². The second-order valence-corrected chi connectivity index (χ2v) is 15.7. The summed E-state index contributed by atoms with van der Waals surface area (Å²) in [7, 11) is 0. The number of nitrogens with zero attached hydrogens (tertiary/aromatic N) is 4. The molecule has 12 nitrogen and oxygen atoms in total. The average molecular weight is 811 g/mol. The molecule has 326 valence electrons. The van der Waals surface area contributed by atoms with E-state index in [0.29, 0.717) is 38.5 Å². The summed E-state index contributed by atoms with van der Waals surface area (Å²) in [5.74, 6) is -1.96. The molecular formula is C46H74N4O8. The fourth-order valence-corrected chi connectivity index (χ4v) is 7.27. The van der Waals surface area contributed by atoms with Crippen molar-refractivity contribution in [3.05, 3.63) is 79.9 Å². The van der Waals surface area contributed by atoms with E-state index in [1.807, 2.05) is 0 Å². The molecule has 0 aliphatic heterocycles. The molecule has 0 fully saturated rings. The maximum atomic E-state index is 13.8. The van der Waals surface area contributed by atoms with Crippen LogP contribution in [-0.2, 0) is 31.9 Å². The van der Waals surface area contributed by atoms with Crippen molar-refractivity contribution in [2.45, 2.75) is 181 Å². The molecule has 0 N–H and O–H groups in total. The van der Waals surface area contributed by atoms with Crippen LogP contribution in [0.4, 0.5) is 11.4 Å². The first-order chi connectivity index (χ1) is 28.1. The van der Waals surface area contributed by atoms with Gasteiger partial charge in [-0.15, -0.1) is 0 Å². The molecule has 0 aliphatic rings. The molecule has 2 aromatic carbocycles. The van der Waals surface area contributed by atoms with Crippen molar-refractivity contribution in [1.82, 2.24) is 9.80 Å². The highest BCUT2D eigenvalue weighted by molar-refractivity contribution is 6.29. The molecule has 0 amide bonds. The number of hydrogen-bond acceptors (Lipinski definition) is 10. The van der Waals surface area contributed by atoms with Gasteiger partial charge in [0.1, 0.15) is 0 Å².